The molecular formula is C24H29Cl2N5O4. The Kier molecular flexibility index (Phi) is 11.3. The van der Waals surface area contributed by atoms with Gasteiger partial charge in [-0.25, -0.2) is 4.79 Å². The molecule has 188 valence electrons. The number of amides is 2. The number of carboxylic acids is 1. The molecule has 0 aromatic heterocycles. The van der Waals surface area contributed by atoms with Crippen molar-refractivity contribution in [3.05, 3.63) is 69.7 Å². The molecule has 0 fully saturated rings. The van der Waals surface area contributed by atoms with Gasteiger partial charge in [0.1, 0.15) is 6.04 Å². The van der Waals surface area contributed by atoms with Crippen molar-refractivity contribution in [1.82, 2.24) is 10.2 Å². The Labute approximate surface area is 214 Å². The minimum Gasteiger partial charge on any atom is -0.480 e. The van der Waals surface area contributed by atoms with E-state index in [1.165, 1.54) is 4.90 Å². The van der Waals surface area contributed by atoms with E-state index in [2.05, 4.69) is 10.3 Å². The number of nitrogens with one attached hydrogen (secondary N) is 1. The van der Waals surface area contributed by atoms with Crippen LogP contribution in [0.25, 0.3) is 0 Å². The van der Waals surface area contributed by atoms with E-state index in [1.54, 1.807) is 18.2 Å². The number of rotatable bonds is 13. The molecule has 0 aliphatic rings. The number of benzene rings is 2. The monoisotopic (exact) mass is 521 g/mol. The number of nitrogens with two attached hydrogens (primary N) is 2. The first-order valence-corrected chi connectivity index (χ1v) is 11.7. The van der Waals surface area contributed by atoms with E-state index in [0.717, 1.165) is 5.56 Å². The van der Waals surface area contributed by atoms with Crippen molar-refractivity contribution >= 4 is 46.9 Å². The van der Waals surface area contributed by atoms with E-state index < -0.39 is 17.9 Å². The summed E-state index contributed by atoms with van der Waals surface area (Å²) in [6, 6.07) is 13.2. The van der Waals surface area contributed by atoms with Crippen LogP contribution < -0.4 is 16.8 Å². The Morgan fingerprint density at radius 3 is 2.29 bits per heavy atom. The zero-order chi connectivity index (χ0) is 25.8. The van der Waals surface area contributed by atoms with Crippen LogP contribution in [0.4, 0.5) is 0 Å². The molecule has 2 aromatic rings. The summed E-state index contributed by atoms with van der Waals surface area (Å²) in [7, 11) is 0. The number of guanidine groups is 1. The molecule has 6 N–H and O–H groups in total. The minimum atomic E-state index is -1.19. The molecule has 11 heteroatoms. The molecule has 0 saturated carbocycles. The van der Waals surface area contributed by atoms with Gasteiger partial charge in [0.15, 0.2) is 5.96 Å². The van der Waals surface area contributed by atoms with E-state index in [4.69, 9.17) is 34.7 Å². The molecule has 0 bridgehead atoms. The molecule has 0 aliphatic carbocycles. The fourth-order valence-electron chi connectivity index (χ4n) is 3.38. The van der Waals surface area contributed by atoms with Gasteiger partial charge < -0.3 is 26.8 Å². The number of hydrogen-bond acceptors (Lipinski definition) is 4. The molecule has 9 nitrogen and oxygen atoms in total. The normalized spacial score (nSPS) is 11.4. The molecular weight excluding hydrogens is 493 g/mol. The molecule has 0 heterocycles. The van der Waals surface area contributed by atoms with Gasteiger partial charge >= 0.3 is 5.97 Å². The number of carbonyl (C=O) groups is 3. The number of hydrogen-bond donors (Lipinski definition) is 4. The number of aliphatic carboxylic acids is 1. The highest BCUT2D eigenvalue weighted by Gasteiger charge is 2.23. The molecule has 0 radical (unpaired) electrons. The summed E-state index contributed by atoms with van der Waals surface area (Å²) in [5.74, 6) is -2.14. The highest BCUT2D eigenvalue weighted by Crippen LogP contribution is 2.20. The molecule has 2 aromatic carbocycles. The van der Waals surface area contributed by atoms with Crippen molar-refractivity contribution in [2.75, 3.05) is 13.1 Å². The van der Waals surface area contributed by atoms with E-state index >= 15 is 0 Å². The number of aliphatic imine (C=N–C) groups is 1. The summed E-state index contributed by atoms with van der Waals surface area (Å²) in [5, 5.41) is 12.8. The molecule has 1 atom stereocenters. The average molecular weight is 522 g/mol. The third-order valence-electron chi connectivity index (χ3n) is 5.03. The van der Waals surface area contributed by atoms with Crippen LogP contribution in [0.5, 0.6) is 0 Å². The summed E-state index contributed by atoms with van der Waals surface area (Å²) in [6.45, 7) is 0.000591. The zero-order valence-corrected chi connectivity index (χ0v) is 20.6. The molecule has 35 heavy (non-hydrogen) atoms. The fourth-order valence-corrected chi connectivity index (χ4v) is 3.95. The molecule has 2 rings (SSSR count). The van der Waals surface area contributed by atoms with Gasteiger partial charge in [-0.3, -0.25) is 14.6 Å². The van der Waals surface area contributed by atoms with Crippen LogP contribution in [0, 0.1) is 0 Å². The van der Waals surface area contributed by atoms with Crippen molar-refractivity contribution in [2.24, 2.45) is 16.5 Å². The van der Waals surface area contributed by atoms with Crippen molar-refractivity contribution in [1.29, 1.82) is 0 Å². The second-order valence-electron chi connectivity index (χ2n) is 7.92. The maximum atomic E-state index is 13.0. The van der Waals surface area contributed by atoms with Gasteiger partial charge in [-0.15, -0.1) is 0 Å². The Hall–Kier alpha value is -3.30. The Balaban J connectivity index is 2.08. The summed E-state index contributed by atoms with van der Waals surface area (Å²) in [6.07, 6.45) is 1.16. The van der Waals surface area contributed by atoms with Crippen LogP contribution in [0.15, 0.2) is 53.5 Å². The minimum absolute atomic E-state index is 0.0869. The van der Waals surface area contributed by atoms with E-state index in [-0.39, 0.29) is 44.3 Å². The maximum Gasteiger partial charge on any atom is 0.326 e. The molecule has 0 aliphatic heterocycles. The Morgan fingerprint density at radius 1 is 1.03 bits per heavy atom. The third-order valence-corrected chi connectivity index (χ3v) is 5.47. The third kappa shape index (κ3) is 10.7. The Bertz CT molecular complexity index is 1030. The van der Waals surface area contributed by atoms with Gasteiger partial charge in [-0.05, 0) is 48.6 Å². The van der Waals surface area contributed by atoms with Crippen molar-refractivity contribution in [2.45, 2.75) is 38.3 Å². The summed E-state index contributed by atoms with van der Waals surface area (Å²) >= 11 is 12.2. The molecule has 2 amide bonds. The van der Waals surface area contributed by atoms with Gasteiger partial charge in [0.05, 0.1) is 6.54 Å². The highest BCUT2D eigenvalue weighted by molar-refractivity contribution is 6.34. The van der Waals surface area contributed by atoms with Gasteiger partial charge in [0.25, 0.3) is 0 Å². The van der Waals surface area contributed by atoms with E-state index in [1.807, 2.05) is 30.3 Å². The van der Waals surface area contributed by atoms with Crippen LogP contribution in [0.1, 0.15) is 30.4 Å². The van der Waals surface area contributed by atoms with Crippen LogP contribution in [0.3, 0.4) is 0 Å². The van der Waals surface area contributed by atoms with E-state index in [9.17, 15) is 19.5 Å². The second-order valence-corrected chi connectivity index (χ2v) is 8.79. The first-order chi connectivity index (χ1) is 16.6. The second kappa shape index (κ2) is 14.2. The lowest BCUT2D eigenvalue weighted by Gasteiger charge is -2.24. The lowest BCUT2D eigenvalue weighted by Crippen LogP contribution is -2.46. The predicted octanol–water partition coefficient (Wildman–Crippen LogP) is 2.58. The SMILES string of the molecule is NC(N)=NCCC[C@H](NC(=O)CN(Cc1cc(Cl)cc(Cl)c1)C(=O)CCc1ccccc1)C(=O)O. The molecule has 0 unspecified atom stereocenters. The lowest BCUT2D eigenvalue weighted by molar-refractivity contribution is -0.143. The van der Waals surface area contributed by atoms with Crippen LogP contribution in [-0.4, -0.2) is 52.9 Å². The first-order valence-electron chi connectivity index (χ1n) is 11.0. The van der Waals surface area contributed by atoms with Crippen molar-refractivity contribution < 1.29 is 19.5 Å². The highest BCUT2D eigenvalue weighted by atomic mass is 35.5. The standard InChI is InChI=1S/C24H29Cl2N5O4/c25-18-11-17(12-19(26)13-18)14-31(22(33)9-8-16-5-2-1-3-6-16)15-21(32)30-20(23(34)35)7-4-10-29-24(27)28/h1-3,5-6,11-13,20H,4,7-10,14-15H2,(H,30,32)(H,34,35)(H4,27,28,29)/t20-/m0/s1. The zero-order valence-electron chi connectivity index (χ0n) is 19.1. The van der Waals surface area contributed by atoms with Crippen molar-refractivity contribution in [3.63, 3.8) is 0 Å². The molecule has 0 saturated heterocycles. The Morgan fingerprint density at radius 2 is 1.69 bits per heavy atom. The smallest absolute Gasteiger partial charge is 0.326 e. The van der Waals surface area contributed by atoms with Crippen LogP contribution in [0.2, 0.25) is 10.0 Å². The summed E-state index contributed by atoms with van der Waals surface area (Å²) in [5.41, 5.74) is 12.2. The average Bonchev–Trinajstić information content (AvgIpc) is 2.78. The van der Waals surface area contributed by atoms with Gasteiger partial charge in [0.2, 0.25) is 11.8 Å². The van der Waals surface area contributed by atoms with Gasteiger partial charge in [-0.1, -0.05) is 53.5 Å². The number of carbonyl (C=O) groups excluding carboxylic acids is 2. The summed E-state index contributed by atoms with van der Waals surface area (Å²) in [4.78, 5) is 42.5. The number of carboxylic acid groups (broad SMARTS) is 1. The van der Waals surface area contributed by atoms with Gasteiger partial charge in [0, 0.05) is 29.6 Å². The quantitative estimate of drug-likeness (QED) is 0.180. The lowest BCUT2D eigenvalue weighted by atomic mass is 10.1. The first kappa shape index (κ1) is 27.9. The number of nitrogens with zero attached hydrogens (tertiary/aromatic N) is 2. The maximum absolute atomic E-state index is 13.0. The van der Waals surface area contributed by atoms with Gasteiger partial charge in [-0.2, -0.15) is 0 Å². The van der Waals surface area contributed by atoms with Crippen molar-refractivity contribution in [3.8, 4) is 0 Å². The topological polar surface area (TPSA) is 151 Å². The largest absolute Gasteiger partial charge is 0.480 e. The van der Waals surface area contributed by atoms with Crippen LogP contribution >= 0.6 is 23.2 Å². The number of aryl methyl sites for hydroxylation is 1. The summed E-state index contributed by atoms with van der Waals surface area (Å²) < 4.78 is 0. The molecule has 0 spiro atoms. The van der Waals surface area contributed by atoms with E-state index in [0.29, 0.717) is 28.5 Å². The van der Waals surface area contributed by atoms with Crippen LogP contribution in [-0.2, 0) is 27.3 Å². The predicted molar refractivity (Wildman–Crippen MR) is 136 cm³/mol. The number of halogens is 2. The fraction of sp³-hybridized carbons (Fsp3) is 0.333.